The molecule has 49 heavy (non-hydrogen) atoms. The predicted molar refractivity (Wildman–Crippen MR) is 168 cm³/mol. The van der Waals surface area contributed by atoms with Crippen molar-refractivity contribution in [2.24, 2.45) is 10.8 Å². The van der Waals surface area contributed by atoms with E-state index in [0.717, 1.165) is 6.07 Å². The average molecular weight is 687 g/mol. The highest BCUT2D eigenvalue weighted by molar-refractivity contribution is 6.19. The number of halogens is 5. The summed E-state index contributed by atoms with van der Waals surface area (Å²) >= 11 is 0. The van der Waals surface area contributed by atoms with Crippen molar-refractivity contribution >= 4 is 23.4 Å². The molecule has 1 saturated heterocycles. The number of likely N-dealkylation sites (tertiary alicyclic amines) is 1. The van der Waals surface area contributed by atoms with Gasteiger partial charge in [-0.2, -0.15) is 18.3 Å². The van der Waals surface area contributed by atoms with Crippen LogP contribution in [0, 0.1) is 11.6 Å². The topological polar surface area (TPSA) is 130 Å². The minimum atomic E-state index is -4.75. The van der Waals surface area contributed by atoms with Gasteiger partial charge in [0.2, 0.25) is 5.91 Å². The minimum Gasteiger partial charge on any atom is -0.374 e. The second-order valence-electron chi connectivity index (χ2n) is 12.6. The first-order chi connectivity index (χ1) is 23.0. The van der Waals surface area contributed by atoms with E-state index in [1.165, 1.54) is 36.2 Å². The van der Waals surface area contributed by atoms with E-state index in [9.17, 15) is 36.3 Å². The number of piperidine rings is 1. The number of carbonyl (C=O) groups excluding carboxylic acids is 3. The Labute approximate surface area is 279 Å². The highest BCUT2D eigenvalue weighted by Gasteiger charge is 2.62. The Kier molecular flexibility index (Phi) is 9.89. The third-order valence-electron chi connectivity index (χ3n) is 8.66. The number of pyridine rings is 1. The lowest BCUT2D eigenvalue weighted by atomic mass is 9.69. The number of rotatable bonds is 10. The van der Waals surface area contributed by atoms with Crippen molar-refractivity contribution in [2.75, 3.05) is 19.7 Å². The highest BCUT2D eigenvalue weighted by Crippen LogP contribution is 2.43. The van der Waals surface area contributed by atoms with Crippen molar-refractivity contribution in [3.8, 4) is 0 Å². The van der Waals surface area contributed by atoms with Gasteiger partial charge in [-0.3, -0.25) is 19.4 Å². The first-order valence-corrected chi connectivity index (χ1v) is 15.4. The van der Waals surface area contributed by atoms with Gasteiger partial charge in [-0.25, -0.2) is 13.8 Å². The molecule has 3 unspecified atom stereocenters. The Hall–Kier alpha value is -4.76. The van der Waals surface area contributed by atoms with E-state index in [4.69, 9.17) is 10.5 Å². The lowest BCUT2D eigenvalue weighted by Crippen LogP contribution is -2.66. The zero-order chi connectivity index (χ0) is 35.7. The maximum Gasteiger partial charge on any atom is 0.408 e. The Balaban J connectivity index is 1.47. The van der Waals surface area contributed by atoms with Gasteiger partial charge in [-0.15, -0.1) is 0 Å². The molecular weight excluding hydrogens is 651 g/mol. The van der Waals surface area contributed by atoms with Gasteiger partial charge in [-0.1, -0.05) is 24.3 Å². The summed E-state index contributed by atoms with van der Waals surface area (Å²) in [6, 6.07) is 11.5. The van der Waals surface area contributed by atoms with Crippen LogP contribution in [0.2, 0.25) is 0 Å². The molecule has 1 fully saturated rings. The van der Waals surface area contributed by atoms with E-state index in [1.807, 2.05) is 0 Å². The Morgan fingerprint density at radius 1 is 1.10 bits per heavy atom. The largest absolute Gasteiger partial charge is 0.408 e. The van der Waals surface area contributed by atoms with Crippen molar-refractivity contribution in [3.63, 3.8) is 0 Å². The molecule has 15 heteroatoms. The van der Waals surface area contributed by atoms with Gasteiger partial charge in [-0.05, 0) is 56.7 Å². The molecule has 2 aliphatic rings. The summed E-state index contributed by atoms with van der Waals surface area (Å²) in [6.45, 7) is 2.48. The van der Waals surface area contributed by atoms with Crippen molar-refractivity contribution in [1.29, 1.82) is 0 Å². The molecule has 2 aliphatic heterocycles. The third-order valence-corrected chi connectivity index (χ3v) is 8.66. The molecule has 0 spiro atoms. The number of alkyl halides is 3. The van der Waals surface area contributed by atoms with Crippen LogP contribution in [0.4, 0.5) is 22.0 Å². The maximum atomic E-state index is 14.4. The second kappa shape index (κ2) is 13.6. The number of hydrazone groups is 1. The van der Waals surface area contributed by atoms with Crippen LogP contribution in [0.15, 0.2) is 72.0 Å². The molecule has 3 aromatic rings. The number of ether oxygens (including phenoxy) is 1. The lowest BCUT2D eigenvalue weighted by Gasteiger charge is -2.46. The molecule has 5 rings (SSSR count). The van der Waals surface area contributed by atoms with Crippen LogP contribution in [-0.4, -0.2) is 76.3 Å². The molecule has 3 atom stereocenters. The maximum absolute atomic E-state index is 14.4. The van der Waals surface area contributed by atoms with Gasteiger partial charge in [0.15, 0.2) is 5.41 Å². The number of carbonyl (C=O) groups is 3. The number of amides is 3. The standard InChI is InChI=1S/C34H35F5N6O4/c1-20-34(27-9-4-5-13-41-27)28(43-45(31(34)48)19-33(37,38)39)12-14-44(20)30(47)26(18-49-17-22-10-11-24(35)16-25(22)36)42-29(46)21-7-6-8-23(15-21)32(2,3)40/h4-11,13,15-16,20,26H,12,14,17-19,40H2,1-3H3,(H,42,46). The second-order valence-corrected chi connectivity index (χ2v) is 12.6. The molecule has 1 aromatic heterocycles. The van der Waals surface area contributed by atoms with Crippen LogP contribution in [0.1, 0.15) is 54.4 Å². The fourth-order valence-corrected chi connectivity index (χ4v) is 6.17. The molecule has 3 amide bonds. The van der Waals surface area contributed by atoms with Crippen LogP contribution >= 0.6 is 0 Å². The zero-order valence-electron chi connectivity index (χ0n) is 26.9. The summed E-state index contributed by atoms with van der Waals surface area (Å²) in [4.78, 5) is 47.4. The molecule has 3 heterocycles. The monoisotopic (exact) mass is 686 g/mol. The molecular formula is C34H35F5N6O4. The quantitative estimate of drug-likeness (QED) is 0.308. The van der Waals surface area contributed by atoms with E-state index in [-0.39, 0.29) is 42.1 Å². The lowest BCUT2D eigenvalue weighted by molar-refractivity contribution is -0.163. The first-order valence-electron chi connectivity index (χ1n) is 15.4. The molecule has 3 N–H and O–H groups in total. The van der Waals surface area contributed by atoms with E-state index >= 15 is 0 Å². The number of nitrogens with two attached hydrogens (primary N) is 1. The van der Waals surface area contributed by atoms with Crippen LogP contribution in [0.5, 0.6) is 0 Å². The van der Waals surface area contributed by atoms with Gasteiger partial charge in [0.05, 0.1) is 30.7 Å². The first kappa shape index (κ1) is 35.5. The molecule has 0 saturated carbocycles. The smallest absolute Gasteiger partial charge is 0.374 e. The van der Waals surface area contributed by atoms with Gasteiger partial charge < -0.3 is 20.7 Å². The van der Waals surface area contributed by atoms with Crippen molar-refractivity contribution in [3.05, 3.63) is 101 Å². The molecule has 260 valence electrons. The Morgan fingerprint density at radius 2 is 1.86 bits per heavy atom. The summed E-state index contributed by atoms with van der Waals surface area (Å²) in [5.74, 6) is -4.03. The summed E-state index contributed by atoms with van der Waals surface area (Å²) in [5, 5.41) is 7.09. The number of fused-ring (bicyclic) bond motifs is 1. The molecule has 2 aromatic carbocycles. The van der Waals surface area contributed by atoms with E-state index in [2.05, 4.69) is 15.4 Å². The van der Waals surface area contributed by atoms with E-state index in [0.29, 0.717) is 16.6 Å². The highest BCUT2D eigenvalue weighted by atomic mass is 19.4. The van der Waals surface area contributed by atoms with Crippen LogP contribution < -0.4 is 11.1 Å². The summed E-state index contributed by atoms with van der Waals surface area (Å²) in [6.07, 6.45) is -3.43. The van der Waals surface area contributed by atoms with Gasteiger partial charge in [0.25, 0.3) is 11.8 Å². The summed E-state index contributed by atoms with van der Waals surface area (Å²) < 4.78 is 73.9. The van der Waals surface area contributed by atoms with Crippen molar-refractivity contribution in [2.45, 2.75) is 63.0 Å². The number of benzene rings is 2. The van der Waals surface area contributed by atoms with Crippen molar-refractivity contribution < 1.29 is 41.1 Å². The summed E-state index contributed by atoms with van der Waals surface area (Å²) in [5.41, 5.74) is 4.64. The number of nitrogens with zero attached hydrogens (tertiary/aromatic N) is 4. The number of aromatic nitrogens is 1. The average Bonchev–Trinajstić information content (AvgIpc) is 3.32. The number of hydrogen-bond acceptors (Lipinski definition) is 7. The van der Waals surface area contributed by atoms with Crippen LogP contribution in [-0.2, 0) is 31.9 Å². The predicted octanol–water partition coefficient (Wildman–Crippen LogP) is 4.19. The normalized spacial score (nSPS) is 20.1. The Morgan fingerprint density at radius 3 is 2.51 bits per heavy atom. The number of hydrogen-bond donors (Lipinski definition) is 2. The van der Waals surface area contributed by atoms with Crippen LogP contribution in [0.3, 0.4) is 0 Å². The van der Waals surface area contributed by atoms with Gasteiger partial charge in [0.1, 0.15) is 24.2 Å². The van der Waals surface area contributed by atoms with Gasteiger partial charge >= 0.3 is 6.18 Å². The molecule has 0 aliphatic carbocycles. The van der Waals surface area contributed by atoms with Crippen LogP contribution in [0.25, 0.3) is 0 Å². The number of nitrogens with one attached hydrogen (secondary N) is 1. The van der Waals surface area contributed by atoms with Gasteiger partial charge in [0, 0.05) is 41.9 Å². The summed E-state index contributed by atoms with van der Waals surface area (Å²) in [7, 11) is 0. The van der Waals surface area contributed by atoms with Crippen molar-refractivity contribution in [1.82, 2.24) is 20.2 Å². The fourth-order valence-electron chi connectivity index (χ4n) is 6.17. The SMILES string of the molecule is CC1N(C(=O)C(COCc2ccc(F)cc2F)NC(=O)c2cccc(C(C)(C)N)c2)CCC2=NN(CC(F)(F)F)C(=O)C21c1ccccn1. The third kappa shape index (κ3) is 7.32. The Bertz CT molecular complexity index is 1760. The molecule has 0 bridgehead atoms. The minimum absolute atomic E-state index is 0.000545. The zero-order valence-corrected chi connectivity index (χ0v) is 26.9. The molecule has 10 nitrogen and oxygen atoms in total. The fraction of sp³-hybridized carbons (Fsp3) is 0.382. The van der Waals surface area contributed by atoms with E-state index < -0.39 is 71.7 Å². The van der Waals surface area contributed by atoms with E-state index in [1.54, 1.807) is 44.2 Å². The molecule has 0 radical (unpaired) electrons.